The highest BCUT2D eigenvalue weighted by Crippen LogP contribution is 2.21. The molecule has 102 valence electrons. The van der Waals surface area contributed by atoms with E-state index in [1.165, 1.54) is 6.42 Å². The maximum Gasteiger partial charge on any atom is 0.229 e. The zero-order chi connectivity index (χ0) is 13.8. The molecule has 0 spiro atoms. The molecule has 19 heavy (non-hydrogen) atoms. The minimum absolute atomic E-state index is 0.0570. The van der Waals surface area contributed by atoms with E-state index in [9.17, 15) is 4.79 Å². The third kappa shape index (κ3) is 3.13. The van der Waals surface area contributed by atoms with Gasteiger partial charge in [-0.2, -0.15) is 0 Å². The molecule has 1 fully saturated rings. The molecule has 1 aliphatic heterocycles. The Hall–Kier alpha value is -1.84. The largest absolute Gasteiger partial charge is 0.384 e. The fraction of sp³-hybridized carbons (Fsp3) is 0.467. The summed E-state index contributed by atoms with van der Waals surface area (Å²) in [4.78, 5) is 14.3. The predicted octanol–water partition coefficient (Wildman–Crippen LogP) is 2.09. The van der Waals surface area contributed by atoms with Crippen LogP contribution in [0.2, 0.25) is 0 Å². The first kappa shape index (κ1) is 13.6. The molecular formula is C15H21N3O. The van der Waals surface area contributed by atoms with Gasteiger partial charge in [0.15, 0.2) is 0 Å². The van der Waals surface area contributed by atoms with E-state index >= 15 is 0 Å². The van der Waals surface area contributed by atoms with E-state index in [-0.39, 0.29) is 17.7 Å². The normalized spacial score (nSPS) is 17.0. The highest BCUT2D eigenvalue weighted by molar-refractivity contribution is 5.95. The standard InChI is InChI=1S/C15H21N3O/c1-11(15(19)18-9-3-2-4-10-18)12-5-7-13(8-6-12)14(16)17/h5-8,11H,2-4,9-10H2,1H3,(H3,16,17). The smallest absolute Gasteiger partial charge is 0.229 e. The summed E-state index contributed by atoms with van der Waals surface area (Å²) in [5.74, 6) is 0.135. The SMILES string of the molecule is CC(C(=O)N1CCCCC1)c1ccc(C(=N)N)cc1. The topological polar surface area (TPSA) is 70.2 Å². The number of rotatable bonds is 3. The lowest BCUT2D eigenvalue weighted by Crippen LogP contribution is -2.38. The Bertz CT molecular complexity index is 461. The second-order valence-corrected chi connectivity index (χ2v) is 5.14. The molecule has 2 rings (SSSR count). The van der Waals surface area contributed by atoms with Crippen LogP contribution >= 0.6 is 0 Å². The summed E-state index contributed by atoms with van der Waals surface area (Å²) in [6.45, 7) is 3.71. The molecule has 0 bridgehead atoms. The number of carbonyl (C=O) groups is 1. The molecule has 4 heteroatoms. The molecule has 3 N–H and O–H groups in total. The van der Waals surface area contributed by atoms with Gasteiger partial charge in [0.1, 0.15) is 5.84 Å². The van der Waals surface area contributed by atoms with Crippen LogP contribution in [0.4, 0.5) is 0 Å². The van der Waals surface area contributed by atoms with Crippen molar-refractivity contribution < 1.29 is 4.79 Å². The number of nitrogens with zero attached hydrogens (tertiary/aromatic N) is 1. The average Bonchev–Trinajstić information content (AvgIpc) is 2.46. The van der Waals surface area contributed by atoms with Gasteiger partial charge in [0.2, 0.25) is 5.91 Å². The van der Waals surface area contributed by atoms with Crippen molar-refractivity contribution in [3.05, 3.63) is 35.4 Å². The minimum atomic E-state index is -0.126. The number of likely N-dealkylation sites (tertiary alicyclic amines) is 1. The van der Waals surface area contributed by atoms with Crippen LogP contribution in [-0.4, -0.2) is 29.7 Å². The molecular weight excluding hydrogens is 238 g/mol. The van der Waals surface area contributed by atoms with Crippen molar-refractivity contribution in [3.63, 3.8) is 0 Å². The van der Waals surface area contributed by atoms with Crippen molar-refractivity contribution >= 4 is 11.7 Å². The van der Waals surface area contributed by atoms with Gasteiger partial charge in [-0.05, 0) is 31.7 Å². The van der Waals surface area contributed by atoms with Crippen LogP contribution in [0.1, 0.15) is 43.2 Å². The quantitative estimate of drug-likeness (QED) is 0.644. The molecule has 0 aliphatic carbocycles. The van der Waals surface area contributed by atoms with Crippen molar-refractivity contribution in [3.8, 4) is 0 Å². The van der Waals surface area contributed by atoms with Crippen molar-refractivity contribution in [1.82, 2.24) is 4.90 Å². The highest BCUT2D eigenvalue weighted by atomic mass is 16.2. The van der Waals surface area contributed by atoms with Crippen molar-refractivity contribution in [2.75, 3.05) is 13.1 Å². The number of hydrogen-bond donors (Lipinski definition) is 2. The number of nitrogen functional groups attached to an aromatic ring is 1. The summed E-state index contributed by atoms with van der Waals surface area (Å²) in [5.41, 5.74) is 7.11. The van der Waals surface area contributed by atoms with E-state index in [1.807, 2.05) is 24.0 Å². The van der Waals surface area contributed by atoms with E-state index in [4.69, 9.17) is 11.1 Å². The first-order chi connectivity index (χ1) is 9.09. The number of amides is 1. The summed E-state index contributed by atoms with van der Waals surface area (Å²) in [6.07, 6.45) is 3.45. The lowest BCUT2D eigenvalue weighted by molar-refractivity contribution is -0.133. The number of nitrogens with one attached hydrogen (secondary N) is 1. The van der Waals surface area contributed by atoms with Gasteiger partial charge < -0.3 is 10.6 Å². The molecule has 0 aromatic heterocycles. The Kier molecular flexibility index (Phi) is 4.20. The molecule has 0 radical (unpaired) electrons. The number of hydrogen-bond acceptors (Lipinski definition) is 2. The highest BCUT2D eigenvalue weighted by Gasteiger charge is 2.23. The van der Waals surface area contributed by atoms with E-state index < -0.39 is 0 Å². The Morgan fingerprint density at radius 1 is 1.21 bits per heavy atom. The molecule has 1 saturated heterocycles. The third-order valence-electron chi connectivity index (χ3n) is 3.76. The Morgan fingerprint density at radius 2 is 1.79 bits per heavy atom. The van der Waals surface area contributed by atoms with Gasteiger partial charge in [0, 0.05) is 18.7 Å². The van der Waals surface area contributed by atoms with Gasteiger partial charge in [-0.3, -0.25) is 10.2 Å². The zero-order valence-electron chi connectivity index (χ0n) is 11.4. The maximum atomic E-state index is 12.4. The van der Waals surface area contributed by atoms with Gasteiger partial charge in [0.25, 0.3) is 0 Å². The Labute approximate surface area is 114 Å². The summed E-state index contributed by atoms with van der Waals surface area (Å²) in [6, 6.07) is 7.39. The number of benzene rings is 1. The Balaban J connectivity index is 2.07. The minimum Gasteiger partial charge on any atom is -0.384 e. The summed E-state index contributed by atoms with van der Waals surface area (Å²) in [5, 5.41) is 7.36. The lowest BCUT2D eigenvalue weighted by atomic mass is 9.97. The van der Waals surface area contributed by atoms with Crippen LogP contribution < -0.4 is 5.73 Å². The van der Waals surface area contributed by atoms with Crippen molar-refractivity contribution in [2.45, 2.75) is 32.1 Å². The third-order valence-corrected chi connectivity index (χ3v) is 3.76. The van der Waals surface area contributed by atoms with Gasteiger partial charge >= 0.3 is 0 Å². The second-order valence-electron chi connectivity index (χ2n) is 5.14. The molecule has 1 heterocycles. The molecule has 4 nitrogen and oxygen atoms in total. The summed E-state index contributed by atoms with van der Waals surface area (Å²) < 4.78 is 0. The van der Waals surface area contributed by atoms with Crippen LogP contribution in [0.3, 0.4) is 0 Å². The number of carbonyl (C=O) groups excluding carboxylic acids is 1. The molecule has 1 aliphatic rings. The molecule has 1 aromatic carbocycles. The number of piperidine rings is 1. The van der Waals surface area contributed by atoms with E-state index in [0.717, 1.165) is 31.5 Å². The average molecular weight is 259 g/mol. The van der Waals surface area contributed by atoms with Gasteiger partial charge in [-0.25, -0.2) is 0 Å². The fourth-order valence-electron chi connectivity index (χ4n) is 2.48. The maximum absolute atomic E-state index is 12.4. The number of nitrogens with two attached hydrogens (primary N) is 1. The van der Waals surface area contributed by atoms with Crippen LogP contribution in [0, 0.1) is 5.41 Å². The number of amidine groups is 1. The molecule has 1 amide bonds. The van der Waals surface area contributed by atoms with Gasteiger partial charge in [0.05, 0.1) is 5.92 Å². The van der Waals surface area contributed by atoms with E-state index in [2.05, 4.69) is 0 Å². The first-order valence-corrected chi connectivity index (χ1v) is 6.82. The zero-order valence-corrected chi connectivity index (χ0v) is 11.4. The molecule has 1 aromatic rings. The first-order valence-electron chi connectivity index (χ1n) is 6.82. The molecule has 1 unspecified atom stereocenters. The van der Waals surface area contributed by atoms with Crippen LogP contribution in [-0.2, 0) is 4.79 Å². The molecule has 0 saturated carbocycles. The van der Waals surface area contributed by atoms with Crippen LogP contribution in [0.15, 0.2) is 24.3 Å². The van der Waals surface area contributed by atoms with Crippen molar-refractivity contribution in [1.29, 1.82) is 5.41 Å². The monoisotopic (exact) mass is 259 g/mol. The lowest BCUT2D eigenvalue weighted by Gasteiger charge is -2.29. The van der Waals surface area contributed by atoms with E-state index in [1.54, 1.807) is 12.1 Å². The summed E-state index contributed by atoms with van der Waals surface area (Å²) >= 11 is 0. The van der Waals surface area contributed by atoms with Crippen molar-refractivity contribution in [2.24, 2.45) is 5.73 Å². The second kappa shape index (κ2) is 5.87. The van der Waals surface area contributed by atoms with Crippen LogP contribution in [0.25, 0.3) is 0 Å². The van der Waals surface area contributed by atoms with Crippen LogP contribution in [0.5, 0.6) is 0 Å². The van der Waals surface area contributed by atoms with E-state index in [0.29, 0.717) is 5.56 Å². The Morgan fingerprint density at radius 3 is 2.32 bits per heavy atom. The van der Waals surface area contributed by atoms with Gasteiger partial charge in [-0.1, -0.05) is 24.3 Å². The molecule has 1 atom stereocenters. The summed E-state index contributed by atoms with van der Waals surface area (Å²) in [7, 11) is 0. The van der Waals surface area contributed by atoms with Gasteiger partial charge in [-0.15, -0.1) is 0 Å². The fourth-order valence-corrected chi connectivity index (χ4v) is 2.48. The predicted molar refractivity (Wildman–Crippen MR) is 76.3 cm³/mol.